The number of aryl methyl sites for hydroxylation is 2. The largest absolute Gasteiger partial charge is 0.362 e. The molecule has 1 fully saturated rings. The van der Waals surface area contributed by atoms with Gasteiger partial charge in [-0.3, -0.25) is 0 Å². The monoisotopic (exact) mass is 438 g/mol. The van der Waals surface area contributed by atoms with E-state index in [-0.39, 0.29) is 0 Å². The summed E-state index contributed by atoms with van der Waals surface area (Å²) in [5.74, 6) is 1.87. The molecule has 3 N–H and O–H groups in total. The SMILES string of the molecule is Cc1ccc(NC(=S)N[C@H]2CC[C@@H](Nc3nc4c(c(N(C)C)n3)CCCC4)CC2)cc1. The molecule has 1 aromatic carbocycles. The summed E-state index contributed by atoms with van der Waals surface area (Å²) >= 11 is 5.52. The highest BCUT2D eigenvalue weighted by Crippen LogP contribution is 2.29. The Hall–Kier alpha value is -2.41. The number of rotatable bonds is 5. The van der Waals surface area contributed by atoms with Crippen LogP contribution in [0.3, 0.4) is 0 Å². The number of anilines is 3. The van der Waals surface area contributed by atoms with Crippen molar-refractivity contribution in [1.29, 1.82) is 0 Å². The van der Waals surface area contributed by atoms with Crippen LogP contribution >= 0.6 is 12.2 Å². The van der Waals surface area contributed by atoms with Crippen LogP contribution in [0.5, 0.6) is 0 Å². The molecule has 2 aliphatic carbocycles. The molecule has 0 radical (unpaired) electrons. The Morgan fingerprint density at radius 2 is 1.65 bits per heavy atom. The Morgan fingerprint density at radius 1 is 0.968 bits per heavy atom. The normalized spacial score (nSPS) is 20.5. The first-order valence-corrected chi connectivity index (χ1v) is 11.9. The minimum atomic E-state index is 0.408. The zero-order chi connectivity index (χ0) is 21.8. The second kappa shape index (κ2) is 9.81. The van der Waals surface area contributed by atoms with E-state index in [0.29, 0.717) is 17.2 Å². The highest BCUT2D eigenvalue weighted by Gasteiger charge is 2.24. The third-order valence-corrected chi connectivity index (χ3v) is 6.51. The van der Waals surface area contributed by atoms with Gasteiger partial charge in [-0.2, -0.15) is 4.98 Å². The second-order valence-corrected chi connectivity index (χ2v) is 9.46. The molecule has 0 saturated heterocycles. The summed E-state index contributed by atoms with van der Waals surface area (Å²) in [4.78, 5) is 11.9. The maximum atomic E-state index is 5.52. The third kappa shape index (κ3) is 5.64. The lowest BCUT2D eigenvalue weighted by Gasteiger charge is -2.31. The van der Waals surface area contributed by atoms with Crippen LogP contribution in [0.25, 0.3) is 0 Å². The third-order valence-electron chi connectivity index (χ3n) is 6.29. The summed E-state index contributed by atoms with van der Waals surface area (Å²) in [5, 5.41) is 11.1. The van der Waals surface area contributed by atoms with E-state index in [1.807, 2.05) is 0 Å². The average Bonchev–Trinajstić information content (AvgIpc) is 2.76. The number of benzene rings is 1. The Morgan fingerprint density at radius 3 is 2.35 bits per heavy atom. The molecule has 2 aliphatic rings. The van der Waals surface area contributed by atoms with Crippen molar-refractivity contribution in [2.24, 2.45) is 0 Å². The first-order valence-electron chi connectivity index (χ1n) is 11.5. The molecule has 0 unspecified atom stereocenters. The summed E-state index contributed by atoms with van der Waals surface area (Å²) in [6.07, 6.45) is 8.96. The summed E-state index contributed by atoms with van der Waals surface area (Å²) < 4.78 is 0. The first kappa shape index (κ1) is 21.8. The summed E-state index contributed by atoms with van der Waals surface area (Å²) in [5.41, 5.74) is 4.84. The van der Waals surface area contributed by atoms with Crippen molar-refractivity contribution >= 4 is 34.8 Å². The summed E-state index contributed by atoms with van der Waals surface area (Å²) in [6, 6.07) is 9.12. The van der Waals surface area contributed by atoms with Crippen molar-refractivity contribution in [3.05, 3.63) is 41.1 Å². The number of aromatic nitrogens is 2. The van der Waals surface area contributed by atoms with Gasteiger partial charge in [0.2, 0.25) is 5.95 Å². The molecule has 1 saturated carbocycles. The maximum absolute atomic E-state index is 5.52. The van der Waals surface area contributed by atoms with Gasteiger partial charge < -0.3 is 20.9 Å². The predicted octanol–water partition coefficient (Wildman–Crippen LogP) is 4.44. The van der Waals surface area contributed by atoms with Crippen molar-refractivity contribution in [3.63, 3.8) is 0 Å². The first-order chi connectivity index (χ1) is 15.0. The minimum absolute atomic E-state index is 0.408. The summed E-state index contributed by atoms with van der Waals surface area (Å²) in [6.45, 7) is 2.09. The van der Waals surface area contributed by atoms with Gasteiger partial charge in [0.1, 0.15) is 5.82 Å². The fourth-order valence-corrected chi connectivity index (χ4v) is 4.85. The molecular weight excluding hydrogens is 404 g/mol. The molecule has 0 atom stereocenters. The highest BCUT2D eigenvalue weighted by atomic mass is 32.1. The van der Waals surface area contributed by atoms with Crippen molar-refractivity contribution in [2.75, 3.05) is 29.6 Å². The Balaban J connectivity index is 1.29. The zero-order valence-corrected chi connectivity index (χ0v) is 19.7. The van der Waals surface area contributed by atoms with Crippen molar-refractivity contribution in [1.82, 2.24) is 15.3 Å². The van der Waals surface area contributed by atoms with Gasteiger partial charge in [0.15, 0.2) is 5.11 Å². The molecule has 31 heavy (non-hydrogen) atoms. The topological polar surface area (TPSA) is 65.1 Å². The van der Waals surface area contributed by atoms with Crippen LogP contribution in [0.2, 0.25) is 0 Å². The molecule has 7 heteroatoms. The van der Waals surface area contributed by atoms with Crippen LogP contribution in [-0.4, -0.2) is 41.3 Å². The van der Waals surface area contributed by atoms with Crippen LogP contribution in [0.15, 0.2) is 24.3 Å². The number of thiocarbonyl (C=S) groups is 1. The van der Waals surface area contributed by atoms with Gasteiger partial charge in [0.05, 0.1) is 5.69 Å². The van der Waals surface area contributed by atoms with Crippen LogP contribution in [0.4, 0.5) is 17.5 Å². The number of hydrogen-bond donors (Lipinski definition) is 3. The van der Waals surface area contributed by atoms with E-state index in [2.05, 4.69) is 66.1 Å². The quantitative estimate of drug-likeness (QED) is 0.597. The fraction of sp³-hybridized carbons (Fsp3) is 0.542. The van der Waals surface area contributed by atoms with Crippen LogP contribution < -0.4 is 20.9 Å². The molecule has 6 nitrogen and oxygen atoms in total. The van der Waals surface area contributed by atoms with Gasteiger partial charge in [0, 0.05) is 37.4 Å². The lowest BCUT2D eigenvalue weighted by atomic mass is 9.91. The van der Waals surface area contributed by atoms with Crippen molar-refractivity contribution < 1.29 is 0 Å². The molecule has 0 aliphatic heterocycles. The second-order valence-electron chi connectivity index (χ2n) is 9.05. The molecular formula is C24H34N6S. The van der Waals surface area contributed by atoms with E-state index in [4.69, 9.17) is 22.2 Å². The van der Waals surface area contributed by atoms with E-state index >= 15 is 0 Å². The highest BCUT2D eigenvalue weighted by molar-refractivity contribution is 7.80. The predicted molar refractivity (Wildman–Crippen MR) is 133 cm³/mol. The lowest BCUT2D eigenvalue weighted by Crippen LogP contribution is -2.42. The van der Waals surface area contributed by atoms with Gasteiger partial charge in [-0.05, 0) is 82.6 Å². The average molecular weight is 439 g/mol. The van der Waals surface area contributed by atoms with E-state index in [9.17, 15) is 0 Å². The summed E-state index contributed by atoms with van der Waals surface area (Å²) in [7, 11) is 4.15. The van der Waals surface area contributed by atoms with E-state index in [1.165, 1.54) is 29.7 Å². The number of nitrogens with one attached hydrogen (secondary N) is 3. The number of nitrogens with zero attached hydrogens (tertiary/aromatic N) is 3. The molecule has 1 aromatic heterocycles. The lowest BCUT2D eigenvalue weighted by molar-refractivity contribution is 0.387. The Kier molecular flexibility index (Phi) is 6.90. The van der Waals surface area contributed by atoms with E-state index in [1.54, 1.807) is 0 Å². The molecule has 2 aromatic rings. The zero-order valence-electron chi connectivity index (χ0n) is 18.9. The van der Waals surface area contributed by atoms with Crippen LogP contribution in [0.1, 0.15) is 55.3 Å². The Bertz CT molecular complexity index is 903. The van der Waals surface area contributed by atoms with E-state index in [0.717, 1.165) is 56.0 Å². The molecule has 0 spiro atoms. The molecule has 0 bridgehead atoms. The number of fused-ring (bicyclic) bond motifs is 1. The van der Waals surface area contributed by atoms with Gasteiger partial charge in [-0.25, -0.2) is 4.98 Å². The van der Waals surface area contributed by atoms with Gasteiger partial charge >= 0.3 is 0 Å². The van der Waals surface area contributed by atoms with Gasteiger partial charge in [0.25, 0.3) is 0 Å². The minimum Gasteiger partial charge on any atom is -0.362 e. The molecule has 4 rings (SSSR count). The maximum Gasteiger partial charge on any atom is 0.225 e. The van der Waals surface area contributed by atoms with Gasteiger partial charge in [-0.15, -0.1) is 0 Å². The van der Waals surface area contributed by atoms with Crippen LogP contribution in [-0.2, 0) is 12.8 Å². The standard InChI is InChI=1S/C24H34N6S/c1-16-8-10-18(11-9-16)26-24(31)27-19-14-12-17(13-15-19)25-23-28-21-7-5-4-6-20(21)22(29-23)30(2)3/h8-11,17,19H,4-7,12-15H2,1-3H3,(H,25,28,29)(H2,26,27,31)/t17-,19+. The molecule has 1 heterocycles. The Labute approximate surface area is 191 Å². The fourth-order valence-electron chi connectivity index (χ4n) is 4.56. The smallest absolute Gasteiger partial charge is 0.225 e. The van der Waals surface area contributed by atoms with Crippen molar-refractivity contribution in [2.45, 2.75) is 70.4 Å². The molecule has 166 valence electrons. The van der Waals surface area contributed by atoms with Crippen molar-refractivity contribution in [3.8, 4) is 0 Å². The van der Waals surface area contributed by atoms with E-state index < -0.39 is 0 Å². The molecule has 0 amide bonds. The number of hydrogen-bond acceptors (Lipinski definition) is 5. The van der Waals surface area contributed by atoms with Crippen LogP contribution in [0, 0.1) is 6.92 Å². The van der Waals surface area contributed by atoms with Gasteiger partial charge in [-0.1, -0.05) is 17.7 Å².